The van der Waals surface area contributed by atoms with Crippen LogP contribution in [0.25, 0.3) is 0 Å². The molecule has 146 valence electrons. The molecule has 0 spiro atoms. The minimum atomic E-state index is 0.00857. The molecule has 3 rings (SSSR count). The van der Waals surface area contributed by atoms with Gasteiger partial charge in [-0.05, 0) is 55.2 Å². The van der Waals surface area contributed by atoms with Crippen molar-refractivity contribution in [2.45, 2.75) is 33.6 Å². The maximum atomic E-state index is 10.8. The van der Waals surface area contributed by atoms with Crippen molar-refractivity contribution < 1.29 is 25.5 Å². The first-order valence-electron chi connectivity index (χ1n) is 9.01. The zero-order valence-electron chi connectivity index (χ0n) is 16.1. The fraction of sp³-hybridized carbons (Fsp3) is 0.217. The van der Waals surface area contributed by atoms with E-state index in [2.05, 4.69) is 0 Å². The van der Waals surface area contributed by atoms with Gasteiger partial charge in [-0.2, -0.15) is 0 Å². The van der Waals surface area contributed by atoms with Crippen LogP contribution >= 0.6 is 0 Å². The number of phenols is 5. The Morgan fingerprint density at radius 3 is 1.32 bits per heavy atom. The van der Waals surface area contributed by atoms with Crippen molar-refractivity contribution in [3.8, 4) is 28.7 Å². The van der Waals surface area contributed by atoms with Gasteiger partial charge in [0.2, 0.25) is 0 Å². The number of aromatic hydroxyl groups is 5. The minimum absolute atomic E-state index is 0.00857. The first-order valence-corrected chi connectivity index (χ1v) is 9.01. The standard InChI is InChI=1S/C23H24O5/c1-12-8-17(10-15-4-6-19(24)13(2)21(15)26)23(28)18(9-12)11-16-5-7-20(25)14(3)22(16)27/h4-9,24-28H,10-11H2,1-3H3. The summed E-state index contributed by atoms with van der Waals surface area (Å²) < 4.78 is 0. The van der Waals surface area contributed by atoms with Crippen LogP contribution in [0.1, 0.15) is 38.9 Å². The lowest BCUT2D eigenvalue weighted by Gasteiger charge is -2.15. The van der Waals surface area contributed by atoms with Gasteiger partial charge in [0.15, 0.2) is 0 Å². The molecule has 0 aliphatic heterocycles. The normalized spacial score (nSPS) is 11.0. The van der Waals surface area contributed by atoms with Gasteiger partial charge in [-0.3, -0.25) is 0 Å². The minimum Gasteiger partial charge on any atom is -0.508 e. The second kappa shape index (κ2) is 7.35. The molecule has 3 aromatic rings. The summed E-state index contributed by atoms with van der Waals surface area (Å²) in [7, 11) is 0. The van der Waals surface area contributed by atoms with Gasteiger partial charge < -0.3 is 25.5 Å². The molecule has 0 aromatic heterocycles. The van der Waals surface area contributed by atoms with Crippen molar-refractivity contribution >= 4 is 0 Å². The van der Waals surface area contributed by atoms with Gasteiger partial charge in [0.1, 0.15) is 28.7 Å². The number of rotatable bonds is 4. The second-order valence-electron chi connectivity index (χ2n) is 7.22. The smallest absolute Gasteiger partial charge is 0.125 e. The summed E-state index contributed by atoms with van der Waals surface area (Å²) in [6, 6.07) is 10.0. The predicted molar refractivity (Wildman–Crippen MR) is 107 cm³/mol. The highest BCUT2D eigenvalue weighted by atomic mass is 16.3. The molecule has 28 heavy (non-hydrogen) atoms. The molecule has 5 N–H and O–H groups in total. The molecule has 0 radical (unpaired) electrons. The molecule has 0 saturated heterocycles. The van der Waals surface area contributed by atoms with E-state index in [-0.39, 0.29) is 28.7 Å². The van der Waals surface area contributed by atoms with Gasteiger partial charge in [-0.1, -0.05) is 29.8 Å². The predicted octanol–water partition coefficient (Wildman–Crippen LogP) is 4.32. The molecule has 0 amide bonds. The summed E-state index contributed by atoms with van der Waals surface area (Å²) in [4.78, 5) is 0. The Morgan fingerprint density at radius 2 is 0.929 bits per heavy atom. The van der Waals surface area contributed by atoms with E-state index in [0.717, 1.165) is 5.56 Å². The van der Waals surface area contributed by atoms with Crippen LogP contribution in [0.4, 0.5) is 0 Å². The zero-order chi connectivity index (χ0) is 20.6. The highest BCUT2D eigenvalue weighted by Gasteiger charge is 2.16. The fourth-order valence-corrected chi connectivity index (χ4v) is 3.39. The second-order valence-corrected chi connectivity index (χ2v) is 7.22. The molecule has 3 aromatic carbocycles. The van der Waals surface area contributed by atoms with Gasteiger partial charge >= 0.3 is 0 Å². The Bertz CT molecular complexity index is 973. The molecule has 0 aliphatic rings. The van der Waals surface area contributed by atoms with E-state index in [1.54, 1.807) is 26.0 Å². The third kappa shape index (κ3) is 3.56. The average Bonchev–Trinajstić information content (AvgIpc) is 2.66. The third-order valence-corrected chi connectivity index (χ3v) is 5.15. The molecule has 5 heteroatoms. The van der Waals surface area contributed by atoms with E-state index in [9.17, 15) is 25.5 Å². The van der Waals surface area contributed by atoms with Crippen LogP contribution in [0.3, 0.4) is 0 Å². The van der Waals surface area contributed by atoms with Gasteiger partial charge in [-0.15, -0.1) is 0 Å². The Hall–Kier alpha value is -3.34. The summed E-state index contributed by atoms with van der Waals surface area (Å²) in [6.45, 7) is 5.17. The van der Waals surface area contributed by atoms with E-state index in [1.165, 1.54) is 12.1 Å². The number of aryl methyl sites for hydroxylation is 1. The number of hydrogen-bond donors (Lipinski definition) is 5. The van der Waals surface area contributed by atoms with Crippen molar-refractivity contribution in [1.29, 1.82) is 0 Å². The van der Waals surface area contributed by atoms with E-state index in [4.69, 9.17) is 0 Å². The number of benzene rings is 3. The molecule has 0 fully saturated rings. The average molecular weight is 380 g/mol. The summed E-state index contributed by atoms with van der Waals surface area (Å²) in [5.74, 6) is 0.159. The quantitative estimate of drug-likeness (QED) is 0.464. The van der Waals surface area contributed by atoms with Crippen LogP contribution in [-0.2, 0) is 12.8 Å². The van der Waals surface area contributed by atoms with Crippen molar-refractivity contribution in [2.75, 3.05) is 0 Å². The van der Waals surface area contributed by atoms with E-state index >= 15 is 0 Å². The zero-order valence-corrected chi connectivity index (χ0v) is 16.1. The van der Waals surface area contributed by atoms with Gasteiger partial charge in [0, 0.05) is 24.0 Å². The van der Waals surface area contributed by atoms with Crippen LogP contribution in [0, 0.1) is 20.8 Å². The van der Waals surface area contributed by atoms with Gasteiger partial charge in [-0.25, -0.2) is 0 Å². The topological polar surface area (TPSA) is 101 Å². The lowest BCUT2D eigenvalue weighted by Crippen LogP contribution is -1.98. The molecular formula is C23H24O5. The van der Waals surface area contributed by atoms with Crippen LogP contribution in [0.2, 0.25) is 0 Å². The maximum absolute atomic E-state index is 10.8. The number of hydrogen-bond acceptors (Lipinski definition) is 5. The summed E-state index contributed by atoms with van der Waals surface area (Å²) in [6.07, 6.45) is 0.599. The van der Waals surface area contributed by atoms with Gasteiger partial charge in [0.25, 0.3) is 0 Å². The molecule has 0 atom stereocenters. The van der Waals surface area contributed by atoms with E-state index < -0.39 is 0 Å². The fourth-order valence-electron chi connectivity index (χ4n) is 3.39. The molecule has 0 bridgehead atoms. The van der Waals surface area contributed by atoms with Crippen molar-refractivity contribution in [2.24, 2.45) is 0 Å². The summed E-state index contributed by atoms with van der Waals surface area (Å²) >= 11 is 0. The van der Waals surface area contributed by atoms with Crippen LogP contribution in [0.5, 0.6) is 28.7 Å². The summed E-state index contributed by atoms with van der Waals surface area (Å²) in [5.41, 5.74) is 4.23. The van der Waals surface area contributed by atoms with E-state index in [0.29, 0.717) is 46.2 Å². The highest BCUT2D eigenvalue weighted by molar-refractivity contribution is 5.54. The molecule has 0 saturated carbocycles. The highest BCUT2D eigenvalue weighted by Crippen LogP contribution is 2.36. The molecule has 0 aliphatic carbocycles. The van der Waals surface area contributed by atoms with E-state index in [1.807, 2.05) is 19.1 Å². The Labute approximate surface area is 163 Å². The Balaban J connectivity index is 1.99. The molecule has 5 nitrogen and oxygen atoms in total. The molecular weight excluding hydrogens is 356 g/mol. The largest absolute Gasteiger partial charge is 0.508 e. The first-order chi connectivity index (χ1) is 13.2. The lowest BCUT2D eigenvalue weighted by atomic mass is 9.93. The molecule has 0 heterocycles. The van der Waals surface area contributed by atoms with Crippen LogP contribution < -0.4 is 0 Å². The van der Waals surface area contributed by atoms with Crippen LogP contribution in [-0.4, -0.2) is 25.5 Å². The van der Waals surface area contributed by atoms with Crippen molar-refractivity contribution in [1.82, 2.24) is 0 Å². The van der Waals surface area contributed by atoms with Crippen molar-refractivity contribution in [3.05, 3.63) is 75.3 Å². The SMILES string of the molecule is Cc1cc(Cc2ccc(O)c(C)c2O)c(O)c(Cc2ccc(O)c(C)c2O)c1. The maximum Gasteiger partial charge on any atom is 0.125 e. The summed E-state index contributed by atoms with van der Waals surface area (Å²) in [5, 5.41) is 50.8. The molecule has 0 unspecified atom stereocenters. The van der Waals surface area contributed by atoms with Gasteiger partial charge in [0.05, 0.1) is 0 Å². The third-order valence-electron chi connectivity index (χ3n) is 5.15. The van der Waals surface area contributed by atoms with Crippen LogP contribution in [0.15, 0.2) is 36.4 Å². The lowest BCUT2D eigenvalue weighted by molar-refractivity contribution is 0.438. The first kappa shape index (κ1) is 19.4. The van der Waals surface area contributed by atoms with Crippen molar-refractivity contribution in [3.63, 3.8) is 0 Å². The number of phenolic OH excluding ortho intramolecular Hbond substituents is 5. The monoisotopic (exact) mass is 380 g/mol. The Kier molecular flexibility index (Phi) is 5.10. The Morgan fingerprint density at radius 1 is 0.536 bits per heavy atom.